The molecular weight excluding hydrogens is 266 g/mol. The third-order valence-corrected chi connectivity index (χ3v) is 3.48. The minimum Gasteiger partial charge on any atom is -0.493 e. The molecule has 0 saturated carbocycles. The quantitative estimate of drug-likeness (QED) is 0.757. The lowest BCUT2D eigenvalue weighted by molar-refractivity contribution is 0.354. The first-order chi connectivity index (χ1) is 10.3. The number of benzene rings is 1. The fourth-order valence-corrected chi connectivity index (χ4v) is 2.27. The van der Waals surface area contributed by atoms with Gasteiger partial charge in [-0.2, -0.15) is 0 Å². The highest BCUT2D eigenvalue weighted by Gasteiger charge is 2.04. The Morgan fingerprint density at radius 1 is 1.19 bits per heavy atom. The highest BCUT2D eigenvalue weighted by atomic mass is 16.5. The average Bonchev–Trinajstić information content (AvgIpc) is 2.98. The minimum atomic E-state index is 0.765. The Labute approximate surface area is 125 Å². The van der Waals surface area contributed by atoms with Crippen LogP contribution in [0.2, 0.25) is 0 Å². The van der Waals surface area contributed by atoms with Gasteiger partial charge in [-0.15, -0.1) is 0 Å². The van der Waals surface area contributed by atoms with E-state index in [0.29, 0.717) is 0 Å². The minimum absolute atomic E-state index is 0.765. The Bertz CT molecular complexity index is 566. The molecular formula is C16H23N3O2. The van der Waals surface area contributed by atoms with Gasteiger partial charge in [0.25, 0.3) is 0 Å². The third-order valence-electron chi connectivity index (χ3n) is 3.48. The van der Waals surface area contributed by atoms with Crippen LogP contribution in [0.25, 0.3) is 0 Å². The SMILES string of the molecule is CCn1cncc1CNCCc1ccc(OC)c(OC)c1. The van der Waals surface area contributed by atoms with Crippen molar-refractivity contribution in [3.8, 4) is 11.5 Å². The lowest BCUT2D eigenvalue weighted by Crippen LogP contribution is -2.18. The number of nitrogens with one attached hydrogen (secondary N) is 1. The van der Waals surface area contributed by atoms with Crippen LogP contribution in [0.3, 0.4) is 0 Å². The molecule has 0 amide bonds. The first-order valence-electron chi connectivity index (χ1n) is 7.19. The zero-order valence-electron chi connectivity index (χ0n) is 12.9. The van der Waals surface area contributed by atoms with Gasteiger partial charge in [-0.05, 0) is 37.6 Å². The first kappa shape index (κ1) is 15.4. The van der Waals surface area contributed by atoms with Crippen LogP contribution in [0, 0.1) is 0 Å². The van der Waals surface area contributed by atoms with Gasteiger partial charge in [-0.25, -0.2) is 4.98 Å². The van der Waals surface area contributed by atoms with E-state index in [2.05, 4.69) is 27.9 Å². The second-order valence-electron chi connectivity index (χ2n) is 4.79. The van der Waals surface area contributed by atoms with E-state index in [1.807, 2.05) is 24.7 Å². The van der Waals surface area contributed by atoms with Gasteiger partial charge >= 0.3 is 0 Å². The summed E-state index contributed by atoms with van der Waals surface area (Å²) >= 11 is 0. The number of aryl methyl sites for hydroxylation is 1. The van der Waals surface area contributed by atoms with Crippen molar-refractivity contribution < 1.29 is 9.47 Å². The normalized spacial score (nSPS) is 10.6. The van der Waals surface area contributed by atoms with Crippen LogP contribution in [0.4, 0.5) is 0 Å². The molecule has 1 heterocycles. The van der Waals surface area contributed by atoms with Crippen LogP contribution in [-0.4, -0.2) is 30.3 Å². The van der Waals surface area contributed by atoms with Crippen molar-refractivity contribution in [1.29, 1.82) is 0 Å². The molecule has 1 aromatic carbocycles. The van der Waals surface area contributed by atoms with Gasteiger partial charge in [0, 0.05) is 19.3 Å². The van der Waals surface area contributed by atoms with Gasteiger partial charge in [-0.1, -0.05) is 6.07 Å². The summed E-state index contributed by atoms with van der Waals surface area (Å²) in [7, 11) is 3.31. The molecule has 0 unspecified atom stereocenters. The summed E-state index contributed by atoms with van der Waals surface area (Å²) in [5.74, 6) is 1.54. The van der Waals surface area contributed by atoms with Crippen LogP contribution in [0.5, 0.6) is 11.5 Å². The van der Waals surface area contributed by atoms with Crippen molar-refractivity contribution in [2.24, 2.45) is 0 Å². The fourth-order valence-electron chi connectivity index (χ4n) is 2.27. The number of aromatic nitrogens is 2. The summed E-state index contributed by atoms with van der Waals surface area (Å²) in [5, 5.41) is 3.44. The Morgan fingerprint density at radius 3 is 2.71 bits per heavy atom. The molecule has 0 aliphatic heterocycles. The third kappa shape index (κ3) is 3.98. The summed E-state index contributed by atoms with van der Waals surface area (Å²) in [6.07, 6.45) is 4.72. The molecule has 0 fully saturated rings. The van der Waals surface area contributed by atoms with E-state index in [-0.39, 0.29) is 0 Å². The summed E-state index contributed by atoms with van der Waals surface area (Å²) in [4.78, 5) is 4.16. The molecule has 21 heavy (non-hydrogen) atoms. The van der Waals surface area contributed by atoms with Crippen molar-refractivity contribution in [1.82, 2.24) is 14.9 Å². The number of imidazole rings is 1. The topological polar surface area (TPSA) is 48.3 Å². The van der Waals surface area contributed by atoms with Gasteiger partial charge in [0.2, 0.25) is 0 Å². The van der Waals surface area contributed by atoms with Gasteiger partial charge in [0.15, 0.2) is 11.5 Å². The second kappa shape index (κ2) is 7.69. The maximum atomic E-state index is 5.32. The summed E-state index contributed by atoms with van der Waals surface area (Å²) in [5.41, 5.74) is 2.44. The molecule has 2 aromatic rings. The second-order valence-corrected chi connectivity index (χ2v) is 4.79. The van der Waals surface area contributed by atoms with Crippen molar-refractivity contribution in [2.45, 2.75) is 26.4 Å². The van der Waals surface area contributed by atoms with E-state index in [1.54, 1.807) is 14.2 Å². The van der Waals surface area contributed by atoms with E-state index in [9.17, 15) is 0 Å². The molecule has 0 bridgehead atoms. The average molecular weight is 289 g/mol. The summed E-state index contributed by atoms with van der Waals surface area (Å²) in [6.45, 7) is 4.81. The zero-order chi connectivity index (χ0) is 15.1. The van der Waals surface area contributed by atoms with Crippen molar-refractivity contribution in [3.05, 3.63) is 42.0 Å². The van der Waals surface area contributed by atoms with Gasteiger partial charge in [0.05, 0.1) is 26.2 Å². The largest absolute Gasteiger partial charge is 0.493 e. The molecule has 0 spiro atoms. The van der Waals surface area contributed by atoms with Crippen molar-refractivity contribution in [3.63, 3.8) is 0 Å². The Hall–Kier alpha value is -2.01. The highest BCUT2D eigenvalue weighted by molar-refractivity contribution is 5.42. The molecule has 0 saturated heterocycles. The number of ether oxygens (including phenoxy) is 2. The van der Waals surface area contributed by atoms with E-state index >= 15 is 0 Å². The first-order valence-corrected chi connectivity index (χ1v) is 7.19. The summed E-state index contributed by atoms with van der Waals surface area (Å²) < 4.78 is 12.7. The molecule has 2 rings (SSSR count). The predicted molar refractivity (Wildman–Crippen MR) is 82.9 cm³/mol. The predicted octanol–water partition coefficient (Wildman–Crippen LogP) is 2.25. The monoisotopic (exact) mass is 289 g/mol. The molecule has 5 heteroatoms. The summed E-state index contributed by atoms with van der Waals surface area (Å²) in [6, 6.07) is 6.04. The molecule has 1 aromatic heterocycles. The Balaban J connectivity index is 1.83. The number of hydrogen-bond acceptors (Lipinski definition) is 4. The molecule has 5 nitrogen and oxygen atoms in total. The van der Waals surface area contributed by atoms with Crippen LogP contribution in [0.1, 0.15) is 18.2 Å². The lowest BCUT2D eigenvalue weighted by Gasteiger charge is -2.10. The number of methoxy groups -OCH3 is 2. The van der Waals surface area contributed by atoms with Crippen molar-refractivity contribution in [2.75, 3.05) is 20.8 Å². The number of nitrogens with zero attached hydrogens (tertiary/aromatic N) is 2. The molecule has 0 aliphatic carbocycles. The van der Waals surface area contributed by atoms with Gasteiger partial charge in [0.1, 0.15) is 0 Å². The standard InChI is InChI=1S/C16H23N3O2/c1-4-19-12-18-11-14(19)10-17-8-7-13-5-6-15(20-2)16(9-13)21-3/h5-6,9,11-12,17H,4,7-8,10H2,1-3H3. The maximum Gasteiger partial charge on any atom is 0.160 e. The molecule has 0 radical (unpaired) electrons. The number of hydrogen-bond donors (Lipinski definition) is 1. The van der Waals surface area contributed by atoms with Crippen LogP contribution in [0.15, 0.2) is 30.7 Å². The smallest absolute Gasteiger partial charge is 0.160 e. The lowest BCUT2D eigenvalue weighted by atomic mass is 10.1. The van der Waals surface area contributed by atoms with E-state index < -0.39 is 0 Å². The fraction of sp³-hybridized carbons (Fsp3) is 0.438. The maximum absolute atomic E-state index is 5.32. The zero-order valence-corrected chi connectivity index (χ0v) is 12.9. The van der Waals surface area contributed by atoms with Crippen molar-refractivity contribution >= 4 is 0 Å². The van der Waals surface area contributed by atoms with E-state index in [4.69, 9.17) is 9.47 Å². The molecule has 1 N–H and O–H groups in total. The van der Waals surface area contributed by atoms with Gasteiger partial charge < -0.3 is 19.4 Å². The molecule has 114 valence electrons. The van der Waals surface area contributed by atoms with E-state index in [1.165, 1.54) is 11.3 Å². The number of rotatable bonds is 8. The Morgan fingerprint density at radius 2 is 2.00 bits per heavy atom. The Kier molecular flexibility index (Phi) is 5.63. The van der Waals surface area contributed by atoms with Gasteiger partial charge in [-0.3, -0.25) is 0 Å². The van der Waals surface area contributed by atoms with Crippen LogP contribution >= 0.6 is 0 Å². The van der Waals surface area contributed by atoms with Crippen LogP contribution in [-0.2, 0) is 19.5 Å². The molecule has 0 atom stereocenters. The van der Waals surface area contributed by atoms with Crippen LogP contribution < -0.4 is 14.8 Å². The molecule has 0 aliphatic rings. The highest BCUT2D eigenvalue weighted by Crippen LogP contribution is 2.27. The van der Waals surface area contributed by atoms with E-state index in [0.717, 1.165) is 37.6 Å².